The van der Waals surface area contributed by atoms with Crippen LogP contribution in [0.5, 0.6) is 11.5 Å². The Bertz CT molecular complexity index is 496. The number of methoxy groups -OCH3 is 1. The molecule has 2 amide bonds. The van der Waals surface area contributed by atoms with Crippen LogP contribution in [0.1, 0.15) is 31.2 Å². The number of hydrogen-bond acceptors (Lipinski definition) is 4. The molecule has 108 valence electrons. The topological polar surface area (TPSA) is 85.9 Å². The molecule has 1 saturated carbocycles. The van der Waals surface area contributed by atoms with Crippen molar-refractivity contribution in [2.75, 3.05) is 7.11 Å². The molecule has 0 saturated heterocycles. The number of carbonyl (C=O) groups excluding carboxylic acids is 1. The van der Waals surface area contributed by atoms with Crippen molar-refractivity contribution in [2.45, 2.75) is 31.8 Å². The lowest BCUT2D eigenvalue weighted by atomic mass is 10.2. The van der Waals surface area contributed by atoms with Gasteiger partial charge in [-0.05, 0) is 49.4 Å². The number of nitrogens with zero attached hydrogens (tertiary/aromatic N) is 1. The third kappa shape index (κ3) is 3.88. The van der Waals surface area contributed by atoms with E-state index in [4.69, 9.17) is 15.2 Å². The smallest absolute Gasteiger partial charge is 0.332 e. The summed E-state index contributed by atoms with van der Waals surface area (Å²) in [4.78, 5) is 10.5. The maximum absolute atomic E-state index is 10.5. The molecule has 6 heteroatoms. The van der Waals surface area contributed by atoms with Crippen LogP contribution in [0.2, 0.25) is 0 Å². The lowest BCUT2D eigenvalue weighted by Gasteiger charge is -2.16. The average molecular weight is 277 g/mol. The number of primary amides is 1. The van der Waals surface area contributed by atoms with Gasteiger partial charge in [-0.25, -0.2) is 10.2 Å². The van der Waals surface area contributed by atoms with Crippen LogP contribution in [0.4, 0.5) is 4.79 Å². The van der Waals surface area contributed by atoms with E-state index >= 15 is 0 Å². The van der Waals surface area contributed by atoms with Crippen molar-refractivity contribution in [3.8, 4) is 11.5 Å². The molecule has 0 atom stereocenters. The van der Waals surface area contributed by atoms with Crippen LogP contribution in [0, 0.1) is 0 Å². The molecule has 20 heavy (non-hydrogen) atoms. The van der Waals surface area contributed by atoms with Crippen molar-refractivity contribution in [3.63, 3.8) is 0 Å². The number of nitrogens with two attached hydrogens (primary N) is 1. The van der Waals surface area contributed by atoms with Crippen LogP contribution in [0.3, 0.4) is 0 Å². The number of benzene rings is 1. The van der Waals surface area contributed by atoms with Gasteiger partial charge >= 0.3 is 6.03 Å². The third-order valence-electron chi connectivity index (χ3n) is 3.17. The molecule has 0 aliphatic heterocycles. The Morgan fingerprint density at radius 2 is 2.15 bits per heavy atom. The van der Waals surface area contributed by atoms with E-state index in [0.29, 0.717) is 11.5 Å². The molecule has 1 aliphatic carbocycles. The standard InChI is InChI=1S/C14H19N3O3/c1-19-12-7-6-10(9-16-17-14(15)18)8-13(12)20-11-4-2-3-5-11/h6-9,11H,2-5H2,1H3,(H3,15,17,18)/b16-9+. The number of carbonyl (C=O) groups is 1. The van der Waals surface area contributed by atoms with E-state index in [1.54, 1.807) is 7.11 Å². The van der Waals surface area contributed by atoms with Gasteiger partial charge in [0.15, 0.2) is 11.5 Å². The Kier molecular flexibility index (Phi) is 4.81. The van der Waals surface area contributed by atoms with Crippen LogP contribution in [0.25, 0.3) is 0 Å². The number of ether oxygens (including phenoxy) is 2. The van der Waals surface area contributed by atoms with Crippen molar-refractivity contribution in [1.29, 1.82) is 0 Å². The molecule has 0 bridgehead atoms. The molecule has 1 fully saturated rings. The van der Waals surface area contributed by atoms with E-state index in [-0.39, 0.29) is 6.10 Å². The van der Waals surface area contributed by atoms with Gasteiger partial charge in [0.2, 0.25) is 0 Å². The van der Waals surface area contributed by atoms with E-state index in [1.165, 1.54) is 19.1 Å². The van der Waals surface area contributed by atoms with Gasteiger partial charge in [-0.3, -0.25) is 0 Å². The summed E-state index contributed by atoms with van der Waals surface area (Å²) in [7, 11) is 1.61. The third-order valence-corrected chi connectivity index (χ3v) is 3.17. The second kappa shape index (κ2) is 6.79. The molecule has 2 rings (SSSR count). The Labute approximate surface area is 117 Å². The monoisotopic (exact) mass is 277 g/mol. The second-order valence-corrected chi connectivity index (χ2v) is 4.67. The van der Waals surface area contributed by atoms with Crippen molar-refractivity contribution >= 4 is 12.2 Å². The number of urea groups is 1. The summed E-state index contributed by atoms with van der Waals surface area (Å²) in [5.41, 5.74) is 7.88. The number of nitrogens with one attached hydrogen (secondary N) is 1. The van der Waals surface area contributed by atoms with Crippen LogP contribution in [0.15, 0.2) is 23.3 Å². The van der Waals surface area contributed by atoms with Gasteiger partial charge in [0, 0.05) is 0 Å². The van der Waals surface area contributed by atoms with Crippen molar-refractivity contribution in [2.24, 2.45) is 10.8 Å². The fraction of sp³-hybridized carbons (Fsp3) is 0.429. The summed E-state index contributed by atoms with van der Waals surface area (Å²) in [6, 6.07) is 4.78. The van der Waals surface area contributed by atoms with E-state index in [1.807, 2.05) is 18.2 Å². The fourth-order valence-electron chi connectivity index (χ4n) is 2.22. The fourth-order valence-corrected chi connectivity index (χ4v) is 2.22. The molecular weight excluding hydrogens is 258 g/mol. The Morgan fingerprint density at radius 1 is 1.40 bits per heavy atom. The van der Waals surface area contributed by atoms with Crippen LogP contribution < -0.4 is 20.6 Å². The van der Waals surface area contributed by atoms with E-state index in [0.717, 1.165) is 18.4 Å². The molecule has 0 aromatic heterocycles. The van der Waals surface area contributed by atoms with Crippen LogP contribution >= 0.6 is 0 Å². The largest absolute Gasteiger partial charge is 0.493 e. The van der Waals surface area contributed by atoms with Crippen molar-refractivity contribution in [1.82, 2.24) is 5.43 Å². The first-order valence-electron chi connectivity index (χ1n) is 6.62. The minimum absolute atomic E-state index is 0.250. The normalized spacial score (nSPS) is 15.4. The highest BCUT2D eigenvalue weighted by molar-refractivity contribution is 5.82. The first kappa shape index (κ1) is 14.2. The quantitative estimate of drug-likeness (QED) is 0.637. The summed E-state index contributed by atoms with van der Waals surface area (Å²) in [6.45, 7) is 0. The summed E-state index contributed by atoms with van der Waals surface area (Å²) in [5, 5.41) is 3.72. The molecule has 0 heterocycles. The highest BCUT2D eigenvalue weighted by atomic mass is 16.5. The molecular formula is C14H19N3O3. The first-order chi connectivity index (χ1) is 9.69. The Balaban J connectivity index is 2.10. The second-order valence-electron chi connectivity index (χ2n) is 4.67. The maximum atomic E-state index is 10.5. The number of amides is 2. The number of hydrogen-bond donors (Lipinski definition) is 2. The van der Waals surface area contributed by atoms with Gasteiger partial charge in [0.25, 0.3) is 0 Å². The lowest BCUT2D eigenvalue weighted by molar-refractivity contribution is 0.201. The molecule has 1 aromatic carbocycles. The van der Waals surface area contributed by atoms with Gasteiger partial charge < -0.3 is 15.2 Å². The van der Waals surface area contributed by atoms with Crippen molar-refractivity contribution in [3.05, 3.63) is 23.8 Å². The van der Waals surface area contributed by atoms with Crippen molar-refractivity contribution < 1.29 is 14.3 Å². The first-order valence-corrected chi connectivity index (χ1v) is 6.62. The van der Waals surface area contributed by atoms with E-state index in [2.05, 4.69) is 10.5 Å². The molecule has 3 N–H and O–H groups in total. The SMILES string of the molecule is COc1ccc(/C=N/NC(N)=O)cc1OC1CCCC1. The molecule has 1 aliphatic rings. The van der Waals surface area contributed by atoms with Crippen LogP contribution in [-0.4, -0.2) is 25.5 Å². The van der Waals surface area contributed by atoms with E-state index in [9.17, 15) is 4.79 Å². The molecule has 0 unspecified atom stereocenters. The Hall–Kier alpha value is -2.24. The average Bonchev–Trinajstić information content (AvgIpc) is 2.91. The highest BCUT2D eigenvalue weighted by Crippen LogP contribution is 2.32. The predicted octanol–water partition coefficient (Wildman–Crippen LogP) is 2.02. The molecule has 0 spiro atoms. The Morgan fingerprint density at radius 3 is 2.80 bits per heavy atom. The van der Waals surface area contributed by atoms with Gasteiger partial charge in [0.05, 0.1) is 19.4 Å². The maximum Gasteiger partial charge on any atom is 0.332 e. The number of hydrazone groups is 1. The van der Waals surface area contributed by atoms with Crippen LogP contribution in [-0.2, 0) is 0 Å². The van der Waals surface area contributed by atoms with Gasteiger partial charge in [0.1, 0.15) is 0 Å². The zero-order valence-electron chi connectivity index (χ0n) is 11.5. The van der Waals surface area contributed by atoms with E-state index < -0.39 is 6.03 Å². The van der Waals surface area contributed by atoms with Gasteiger partial charge in [-0.1, -0.05) is 0 Å². The zero-order valence-corrected chi connectivity index (χ0v) is 11.5. The molecule has 1 aromatic rings. The van der Waals surface area contributed by atoms with Gasteiger partial charge in [-0.2, -0.15) is 5.10 Å². The lowest BCUT2D eigenvalue weighted by Crippen LogP contribution is -2.24. The minimum atomic E-state index is -0.697. The highest BCUT2D eigenvalue weighted by Gasteiger charge is 2.18. The predicted molar refractivity (Wildman–Crippen MR) is 76.2 cm³/mol. The summed E-state index contributed by atoms with van der Waals surface area (Å²) >= 11 is 0. The summed E-state index contributed by atoms with van der Waals surface area (Å²) in [6.07, 6.45) is 6.31. The summed E-state index contributed by atoms with van der Waals surface area (Å²) in [5.74, 6) is 1.39. The molecule has 0 radical (unpaired) electrons. The molecule has 6 nitrogen and oxygen atoms in total. The number of rotatable bonds is 5. The zero-order chi connectivity index (χ0) is 14.4. The van der Waals surface area contributed by atoms with Gasteiger partial charge in [-0.15, -0.1) is 0 Å². The summed E-state index contributed by atoms with van der Waals surface area (Å²) < 4.78 is 11.3. The minimum Gasteiger partial charge on any atom is -0.493 e.